The number of hydrogen-bond acceptors (Lipinski definition) is 9. The Kier molecular flexibility index (Phi) is 60.9. The van der Waals surface area contributed by atoms with Gasteiger partial charge in [-0.2, -0.15) is 0 Å². The van der Waals surface area contributed by atoms with Gasteiger partial charge in [-0.1, -0.05) is 29.2 Å². The van der Waals surface area contributed by atoms with E-state index in [1.54, 1.807) is 54.7 Å². The fourth-order valence-corrected chi connectivity index (χ4v) is 15.2. The van der Waals surface area contributed by atoms with Crippen molar-refractivity contribution in [3.8, 4) is 0 Å². The highest BCUT2D eigenvalue weighted by molar-refractivity contribution is 8.35. The number of nitrogens with one attached hydrogen (secondary N) is 2. The number of esters is 2. The summed E-state index contributed by atoms with van der Waals surface area (Å²) in [6.07, 6.45) is -26.2. The van der Waals surface area contributed by atoms with E-state index in [9.17, 15) is 22.8 Å². The minimum atomic E-state index is -3.80. The number of aromatic amines is 1. The molecule has 0 aliphatic carbocycles. The van der Waals surface area contributed by atoms with E-state index in [2.05, 4.69) is 298 Å². The van der Waals surface area contributed by atoms with Gasteiger partial charge in [-0.25, -0.2) is 26.8 Å². The number of aromatic nitrogens is 2. The summed E-state index contributed by atoms with van der Waals surface area (Å²) in [7, 11) is 161. The molecular weight excluding hydrogens is 1680 g/mol. The highest BCUT2D eigenvalue weighted by atomic mass is 32.2. The zero-order chi connectivity index (χ0) is 105. The van der Waals surface area contributed by atoms with Gasteiger partial charge < -0.3 is 24.9 Å². The summed E-state index contributed by atoms with van der Waals surface area (Å²) >= 11 is 0. The zero-order valence-electron chi connectivity index (χ0n) is 76.3. The Morgan fingerprint density at radius 2 is 0.614 bits per heavy atom. The van der Waals surface area contributed by atoms with Crippen LogP contribution in [0.1, 0.15) is 26.3 Å². The van der Waals surface area contributed by atoms with Crippen molar-refractivity contribution < 1.29 is 37.0 Å². The lowest BCUT2D eigenvalue weighted by atomic mass is 8.25. The average Bonchev–Trinajstić information content (AvgIpc) is 1.02. The summed E-state index contributed by atoms with van der Waals surface area (Å²) in [4.78, 5) is 37.8. The van der Waals surface area contributed by atoms with Crippen LogP contribution >= 0.6 is 0 Å². The van der Waals surface area contributed by atoms with E-state index in [-0.39, 0.29) is 16.1 Å². The van der Waals surface area contributed by atoms with Gasteiger partial charge in [0, 0.05) is 554 Å². The van der Waals surface area contributed by atoms with Crippen molar-refractivity contribution in [2.24, 2.45) is 0 Å². The van der Waals surface area contributed by atoms with Crippen molar-refractivity contribution in [2.75, 3.05) is 32.4 Å². The molecule has 0 aliphatic heterocycles. The van der Waals surface area contributed by atoms with Crippen molar-refractivity contribution in [3.63, 3.8) is 0 Å². The predicted octanol–water partition coefficient (Wildman–Crippen LogP) is -5.88. The number of nitrogens with two attached hydrogens (primary N) is 1. The first-order valence-electron chi connectivity index (χ1n) is 40.6. The third kappa shape index (κ3) is 43.8. The Morgan fingerprint density at radius 1 is 0.350 bits per heavy atom. The van der Waals surface area contributed by atoms with Crippen LogP contribution in [0.5, 0.6) is 0 Å². The van der Waals surface area contributed by atoms with Gasteiger partial charge in [0.2, 0.25) is 0 Å². The first-order valence-corrected chi connectivity index (χ1v) is 42.0. The van der Waals surface area contributed by atoms with Gasteiger partial charge in [0.15, 0.2) is 0 Å². The topological polar surface area (TPSA) is 172 Å². The first-order chi connectivity index (χ1) is 66.7. The van der Waals surface area contributed by atoms with Crippen LogP contribution in [0.3, 0.4) is 0 Å². The predicted molar refractivity (Wildman–Crippen MR) is 615 cm³/mol. The molecule has 2 aromatic heterocycles. The van der Waals surface area contributed by atoms with Gasteiger partial charge in [-0.05, 0) is 160 Å². The molecule has 0 unspecified atom stereocenters. The number of ether oxygens (including phenoxy) is 3. The van der Waals surface area contributed by atoms with Crippen molar-refractivity contribution in [1.29, 1.82) is 0 Å². The van der Waals surface area contributed by atoms with Gasteiger partial charge >= 0.3 is 18.0 Å². The van der Waals surface area contributed by atoms with Gasteiger partial charge in [0.25, 0.3) is 10.0 Å². The number of nitrogen functional groups attached to an aromatic ring is 1. The highest BCUT2D eigenvalue weighted by Gasteiger charge is 2.60. The molecule has 4 N–H and O–H groups in total. The number of benzene rings is 3. The molecule has 51 radical (unpaired) electrons. The van der Waals surface area contributed by atoms with E-state index in [0.29, 0.717) is 22.2 Å². The smallest absolute Gasteiger partial charge is 0.411 e. The number of rotatable bonds is 28. The summed E-state index contributed by atoms with van der Waals surface area (Å²) < 4.78 is 40.8. The quantitative estimate of drug-likeness (QED) is 0.0145. The molecule has 0 fully saturated rings. The van der Waals surface area contributed by atoms with E-state index >= 15 is 0 Å². The van der Waals surface area contributed by atoms with Crippen molar-refractivity contribution >= 4 is 409 Å². The second-order valence-electron chi connectivity index (χ2n) is 28.4. The maximum absolute atomic E-state index is 12.9. The maximum Gasteiger partial charge on any atom is 0.411 e. The SMILES string of the molecule is C=C=C=C=C=C=C=C=C=C=C=C=C=C=C=C=C=C=C=C=C=C=C=C=C=C=C=C=C=C=C=C=C=C=C=C=C=C=C=C=C=C=C=C=C=C=C=C=C.COC(=O)Nc1cc(C(=O)OC)c2cc[nH]c2c1.COC(=O)c1cc(N)cc2c1ccn2S(=O)(=O)c1ccc(C)cc1.[B][B]B(B([B])[B])B(B([B])[B])B(B(B([B])[B])B([B])[B])B(B(B(B([B])[B])B([B])[B])B(B([B])[B])B([B])[B])B(B(B([B])[B])B([B])[B])B(B([B])[B])B([B])[B]. The molecule has 0 saturated heterocycles. The number of carbonyl (C=O) groups is 3. The van der Waals surface area contributed by atoms with Crippen LogP contribution in [0.2, 0.25) is 0 Å². The number of hydrogen-bond donors (Lipinski definition) is 3. The Hall–Kier alpha value is -12.7. The second kappa shape index (κ2) is 69.2. The summed E-state index contributed by atoms with van der Waals surface area (Å²) in [5, 5.41) is 3.70. The largest absolute Gasteiger partial charge is 0.465 e. The van der Waals surface area contributed by atoms with Gasteiger partial charge in [-0.3, -0.25) is 5.32 Å². The van der Waals surface area contributed by atoms with Crippen LogP contribution in [-0.2, 0) is 24.2 Å². The molecule has 0 saturated carbocycles. The van der Waals surface area contributed by atoms with Gasteiger partial charge in [-0.15, -0.1) is 0 Å². The van der Waals surface area contributed by atoms with Crippen LogP contribution in [0.4, 0.5) is 16.2 Å². The van der Waals surface area contributed by atoms with Gasteiger partial charge in [0.1, 0.15) is 0 Å². The molecule has 0 spiro atoms. The van der Waals surface area contributed by atoms with Gasteiger partial charge in [0.05, 0.1) is 42.9 Å². The molecule has 5 rings (SSSR count). The number of nitrogens with zero attached hydrogens (tertiary/aromatic N) is 1. The summed E-state index contributed by atoms with van der Waals surface area (Å²) in [6.45, 7) is 8.50. The Balaban J connectivity index is 0.000000674. The Morgan fingerprint density at radius 3 is 0.864 bits per heavy atom. The first kappa shape index (κ1) is 123. The summed E-state index contributed by atoms with van der Waals surface area (Å²) in [6, 6.07) is 16.1. The third-order valence-electron chi connectivity index (χ3n) is 19.2. The van der Waals surface area contributed by atoms with Crippen molar-refractivity contribution in [1.82, 2.24) is 8.96 Å². The fraction of sp³-hybridized carbons (Fsp3) is 0.0513. The lowest BCUT2D eigenvalue weighted by molar-refractivity contribution is 0.0594. The number of fused-ring (bicyclic) bond motifs is 2. The fourth-order valence-electron chi connectivity index (χ4n) is 13.9. The molecular formula is C78H32B49N4O8S. The average molecular weight is 1710 g/mol. The monoisotopic (exact) mass is 1720 g/mol. The van der Waals surface area contributed by atoms with Crippen LogP contribution in [0, 0.1) is 6.92 Å². The molecule has 2 heterocycles. The van der Waals surface area contributed by atoms with E-state index in [1.807, 2.05) is 6.92 Å². The summed E-state index contributed by atoms with van der Waals surface area (Å²) in [5.74, 6) is -1.04. The number of aryl methyl sites for hydroxylation is 1. The molecule has 1 amide bonds. The maximum atomic E-state index is 12.9. The minimum absolute atomic E-state index is 0.160. The van der Waals surface area contributed by atoms with Crippen molar-refractivity contribution in [2.45, 2.75) is 11.8 Å². The molecule has 565 valence electrons. The molecule has 62 heteroatoms. The standard InChI is InChI=1S/C49H4.C17H16N2O4S.C12H12N2O4.B49/c1-3-5-7-9-11-13-15-17-19-21-23-25-27-29-31-33-35-37-39-41-43-45-47-49-48-46-44-42-40-38-36-34-32-30-28-26-24-22-20-18-16-14-12-10-8-6-4-2;1-11-3-5-13(6-4-11)24(21,22)19-8-7-14-15(17(20)23-2)9-12(18)10-16(14)19;1-17-11(15)9-5-7(14-12(16)18-2)6-10-8(9)3-4-13-10;1-26-39(27(2)3)45(38(24)25)48(44(36(20)21)37(22)23)49(46(40(28(4)5)29(6)7)41(30(8)9)31(10)11)47(42(32(12)13)33(14)15)43(34(16)17)35(18)19/h1-2H2;3-10H,18H2,1-2H3;3-6,13H,1-2H3,(H,14,16);. The van der Waals surface area contributed by atoms with Crippen LogP contribution < -0.4 is 11.1 Å². The van der Waals surface area contributed by atoms with E-state index in [1.165, 1.54) is 46.7 Å². The van der Waals surface area contributed by atoms with Crippen molar-refractivity contribution in [3.05, 3.63) is 372 Å². The number of methoxy groups -OCH3 is 3. The Bertz CT molecular complexity index is 7150. The molecule has 140 heavy (non-hydrogen) atoms. The lowest BCUT2D eigenvalue weighted by Crippen LogP contribution is -2.95. The molecule has 0 aliphatic rings. The van der Waals surface area contributed by atoms with Crippen LogP contribution in [0.25, 0.3) is 21.8 Å². The number of amides is 1. The molecule has 0 atom stereocenters. The van der Waals surface area contributed by atoms with Crippen LogP contribution in [0.15, 0.2) is 360 Å². The molecule has 5 aromatic rings. The summed E-state index contributed by atoms with van der Waals surface area (Å²) in [5.41, 5.74) is 126. The second-order valence-corrected chi connectivity index (χ2v) is 30.3. The third-order valence-corrected chi connectivity index (χ3v) is 20.9. The Labute approximate surface area is 863 Å². The zero-order valence-corrected chi connectivity index (χ0v) is 77.1. The molecule has 3 aromatic carbocycles. The highest BCUT2D eigenvalue weighted by Crippen LogP contribution is 2.30. The number of anilines is 2. The van der Waals surface area contributed by atoms with Crippen LogP contribution in [-0.4, -0.2) is 404 Å². The van der Waals surface area contributed by atoms with E-state index in [4.69, 9.17) is 209 Å². The van der Waals surface area contributed by atoms with E-state index in [0.717, 1.165) is 20.4 Å². The molecule has 0 bridgehead atoms. The number of carbonyl (C=O) groups excluding carboxylic acids is 3. The van der Waals surface area contributed by atoms with E-state index < -0.39 is 175 Å². The lowest BCUT2D eigenvalue weighted by Gasteiger charge is -2.56. The normalized spacial score (nSPS) is 8.03. The molecule has 12 nitrogen and oxygen atoms in total. The minimum Gasteiger partial charge on any atom is -0.465 e. The number of H-pyrrole nitrogens is 1.